The Morgan fingerprint density at radius 2 is 1.70 bits per heavy atom. The maximum Gasteiger partial charge on any atom is 0.257 e. The van der Waals surface area contributed by atoms with Gasteiger partial charge >= 0.3 is 0 Å². The van der Waals surface area contributed by atoms with Gasteiger partial charge < -0.3 is 9.42 Å². The van der Waals surface area contributed by atoms with Gasteiger partial charge in [-0.15, -0.1) is 0 Å². The minimum absolute atomic E-state index is 0.146. The molecule has 0 radical (unpaired) electrons. The van der Waals surface area contributed by atoms with Crippen LogP contribution in [0.4, 0.5) is 4.39 Å². The molecule has 1 amide bonds. The number of amides is 1. The van der Waals surface area contributed by atoms with E-state index in [4.69, 9.17) is 4.52 Å². The highest BCUT2D eigenvalue weighted by atomic mass is 19.1. The molecule has 4 aromatic rings. The van der Waals surface area contributed by atoms with Crippen molar-refractivity contribution < 1.29 is 13.7 Å². The van der Waals surface area contributed by atoms with Crippen molar-refractivity contribution in [3.63, 3.8) is 0 Å². The highest BCUT2D eigenvalue weighted by Crippen LogP contribution is 2.30. The predicted molar refractivity (Wildman–Crippen MR) is 113 cm³/mol. The van der Waals surface area contributed by atoms with Gasteiger partial charge in [-0.05, 0) is 35.2 Å². The molecule has 4 rings (SSSR count). The van der Waals surface area contributed by atoms with E-state index in [1.165, 1.54) is 18.3 Å². The van der Waals surface area contributed by atoms with Crippen LogP contribution in [0, 0.1) is 5.82 Å². The zero-order valence-electron chi connectivity index (χ0n) is 17.0. The maximum absolute atomic E-state index is 13.5. The van der Waals surface area contributed by atoms with Gasteiger partial charge in [0.15, 0.2) is 0 Å². The first-order chi connectivity index (χ1) is 14.5. The van der Waals surface area contributed by atoms with Gasteiger partial charge in [0.1, 0.15) is 5.82 Å². The van der Waals surface area contributed by atoms with E-state index in [-0.39, 0.29) is 23.7 Å². The van der Waals surface area contributed by atoms with Gasteiger partial charge in [0, 0.05) is 13.2 Å². The summed E-state index contributed by atoms with van der Waals surface area (Å²) in [4.78, 5) is 19.3. The van der Waals surface area contributed by atoms with Crippen LogP contribution in [0.1, 0.15) is 53.0 Å². The Morgan fingerprint density at radius 1 is 1.03 bits per heavy atom. The van der Waals surface area contributed by atoms with Crippen molar-refractivity contribution >= 4 is 17.0 Å². The largest absolute Gasteiger partial charge is 0.336 e. The van der Waals surface area contributed by atoms with Crippen LogP contribution in [-0.4, -0.2) is 28.0 Å². The molecule has 0 aliphatic rings. The summed E-state index contributed by atoms with van der Waals surface area (Å²) < 4.78 is 18.8. The SMILES string of the molecule is CC(C)c1noc2ncc(C(=O)N(C)C(c3ccccc3)c3ccc(F)cc3)cc12. The standard InChI is InChI=1S/C24H22FN3O2/c1-15(2)21-20-13-18(14-26-23(20)30-27-21)24(29)28(3)22(16-7-5-4-6-8-16)17-9-11-19(25)12-10-17/h4-15,22H,1-3H3. The van der Waals surface area contributed by atoms with E-state index in [2.05, 4.69) is 10.1 Å². The zero-order chi connectivity index (χ0) is 21.3. The Morgan fingerprint density at radius 3 is 2.37 bits per heavy atom. The number of aromatic nitrogens is 2. The number of fused-ring (bicyclic) bond motifs is 1. The van der Waals surface area contributed by atoms with Crippen molar-refractivity contribution in [3.8, 4) is 0 Å². The molecule has 0 N–H and O–H groups in total. The summed E-state index contributed by atoms with van der Waals surface area (Å²) in [6.07, 6.45) is 1.50. The second-order valence-corrected chi connectivity index (χ2v) is 7.58. The second kappa shape index (κ2) is 8.06. The molecule has 2 aromatic carbocycles. The Balaban J connectivity index is 1.75. The van der Waals surface area contributed by atoms with Crippen LogP contribution in [0.15, 0.2) is 71.4 Å². The summed E-state index contributed by atoms with van der Waals surface area (Å²) in [6.45, 7) is 4.02. The number of pyridine rings is 1. The molecule has 5 nitrogen and oxygen atoms in total. The lowest BCUT2D eigenvalue weighted by Gasteiger charge is -2.29. The Bertz CT molecular complexity index is 1170. The average Bonchev–Trinajstić information content (AvgIpc) is 3.19. The molecule has 6 heteroatoms. The Labute approximate surface area is 174 Å². The molecule has 0 saturated heterocycles. The van der Waals surface area contributed by atoms with Gasteiger partial charge in [-0.25, -0.2) is 9.37 Å². The van der Waals surface area contributed by atoms with Gasteiger partial charge in [-0.1, -0.05) is 61.5 Å². The van der Waals surface area contributed by atoms with Crippen LogP contribution in [-0.2, 0) is 0 Å². The topological polar surface area (TPSA) is 59.2 Å². The third kappa shape index (κ3) is 3.68. The van der Waals surface area contributed by atoms with Crippen LogP contribution in [0.25, 0.3) is 11.1 Å². The Hall–Kier alpha value is -3.54. The zero-order valence-corrected chi connectivity index (χ0v) is 17.0. The lowest BCUT2D eigenvalue weighted by atomic mass is 9.96. The van der Waals surface area contributed by atoms with Crippen molar-refractivity contribution in [2.75, 3.05) is 7.05 Å². The van der Waals surface area contributed by atoms with Gasteiger partial charge in [0.2, 0.25) is 0 Å². The molecule has 0 saturated carbocycles. The molecular weight excluding hydrogens is 381 g/mol. The summed E-state index contributed by atoms with van der Waals surface area (Å²) in [5, 5.41) is 4.82. The maximum atomic E-state index is 13.5. The molecule has 2 heterocycles. The van der Waals surface area contributed by atoms with E-state index in [1.54, 1.807) is 30.1 Å². The second-order valence-electron chi connectivity index (χ2n) is 7.58. The number of halogens is 1. The molecule has 0 aliphatic carbocycles. The number of hydrogen-bond acceptors (Lipinski definition) is 4. The highest BCUT2D eigenvalue weighted by molar-refractivity contribution is 5.97. The fourth-order valence-corrected chi connectivity index (χ4v) is 3.62. The van der Waals surface area contributed by atoms with Crippen LogP contribution in [0.5, 0.6) is 0 Å². The number of hydrogen-bond donors (Lipinski definition) is 0. The van der Waals surface area contributed by atoms with Gasteiger partial charge in [-0.3, -0.25) is 4.79 Å². The monoisotopic (exact) mass is 403 g/mol. The number of rotatable bonds is 5. The molecule has 2 aromatic heterocycles. The van der Waals surface area contributed by atoms with Crippen molar-refractivity contribution in [1.82, 2.24) is 15.0 Å². The fraction of sp³-hybridized carbons (Fsp3) is 0.208. The number of benzene rings is 2. The molecule has 152 valence electrons. The normalized spacial score (nSPS) is 12.3. The molecular formula is C24H22FN3O2. The molecule has 30 heavy (non-hydrogen) atoms. The van der Waals surface area contributed by atoms with Gasteiger partial charge in [0.25, 0.3) is 11.6 Å². The third-order valence-electron chi connectivity index (χ3n) is 5.16. The van der Waals surface area contributed by atoms with E-state index >= 15 is 0 Å². The van der Waals surface area contributed by atoms with Gasteiger partial charge in [0.05, 0.1) is 22.7 Å². The molecule has 0 spiro atoms. The number of carbonyl (C=O) groups is 1. The van der Waals surface area contributed by atoms with Crippen LogP contribution in [0.2, 0.25) is 0 Å². The number of carbonyl (C=O) groups excluding carboxylic acids is 1. The summed E-state index contributed by atoms with van der Waals surface area (Å²) in [7, 11) is 1.74. The first-order valence-electron chi connectivity index (χ1n) is 9.78. The van der Waals surface area contributed by atoms with Crippen LogP contribution < -0.4 is 0 Å². The van der Waals surface area contributed by atoms with Crippen molar-refractivity contribution in [3.05, 3.63) is 95.1 Å². The smallest absolute Gasteiger partial charge is 0.257 e. The molecule has 0 aliphatic heterocycles. The quantitative estimate of drug-likeness (QED) is 0.451. The summed E-state index contributed by atoms with van der Waals surface area (Å²) in [5.41, 5.74) is 3.38. The number of nitrogens with zero attached hydrogens (tertiary/aromatic N) is 3. The molecule has 0 fully saturated rings. The minimum Gasteiger partial charge on any atom is -0.336 e. The van der Waals surface area contributed by atoms with Crippen LogP contribution >= 0.6 is 0 Å². The first kappa shape index (κ1) is 19.8. The minimum atomic E-state index is -0.373. The summed E-state index contributed by atoms with van der Waals surface area (Å²) in [6, 6.07) is 17.3. The highest BCUT2D eigenvalue weighted by Gasteiger charge is 2.26. The third-order valence-corrected chi connectivity index (χ3v) is 5.16. The molecule has 0 bridgehead atoms. The lowest BCUT2D eigenvalue weighted by Crippen LogP contribution is -2.32. The summed E-state index contributed by atoms with van der Waals surface area (Å²) >= 11 is 0. The van der Waals surface area contributed by atoms with E-state index in [9.17, 15) is 9.18 Å². The van der Waals surface area contributed by atoms with E-state index in [0.717, 1.165) is 22.2 Å². The van der Waals surface area contributed by atoms with Crippen LogP contribution in [0.3, 0.4) is 0 Å². The van der Waals surface area contributed by atoms with E-state index in [0.29, 0.717) is 11.3 Å². The summed E-state index contributed by atoms with van der Waals surface area (Å²) in [5.74, 6) is -0.367. The molecule has 1 atom stereocenters. The fourth-order valence-electron chi connectivity index (χ4n) is 3.62. The first-order valence-corrected chi connectivity index (χ1v) is 9.78. The van der Waals surface area contributed by atoms with Crippen molar-refractivity contribution in [1.29, 1.82) is 0 Å². The van der Waals surface area contributed by atoms with Gasteiger partial charge in [-0.2, -0.15) is 0 Å². The molecule has 1 unspecified atom stereocenters. The predicted octanol–water partition coefficient (Wildman–Crippen LogP) is 5.35. The Kier molecular flexibility index (Phi) is 5.31. The average molecular weight is 403 g/mol. The lowest BCUT2D eigenvalue weighted by molar-refractivity contribution is 0.0755. The van der Waals surface area contributed by atoms with Crippen molar-refractivity contribution in [2.45, 2.75) is 25.8 Å². The van der Waals surface area contributed by atoms with E-state index in [1.807, 2.05) is 44.2 Å². The van der Waals surface area contributed by atoms with E-state index < -0.39 is 0 Å². The van der Waals surface area contributed by atoms with Crippen molar-refractivity contribution in [2.24, 2.45) is 0 Å².